The molecule has 0 spiro atoms. The van der Waals surface area contributed by atoms with Crippen LogP contribution in [0.2, 0.25) is 0 Å². The lowest BCUT2D eigenvalue weighted by molar-refractivity contribution is 0.265. The zero-order valence-electron chi connectivity index (χ0n) is 7.14. The van der Waals surface area contributed by atoms with Gasteiger partial charge in [0, 0.05) is 12.1 Å². The van der Waals surface area contributed by atoms with Crippen molar-refractivity contribution in [3.05, 3.63) is 23.8 Å². The van der Waals surface area contributed by atoms with E-state index < -0.39 is 0 Å². The topological polar surface area (TPSA) is 86.7 Å². The number of hydrogen-bond donors (Lipinski definition) is 4. The van der Waals surface area contributed by atoms with Gasteiger partial charge >= 0.3 is 0 Å². The van der Waals surface area contributed by atoms with Crippen LogP contribution in [-0.2, 0) is 6.42 Å². The first kappa shape index (κ1) is 9.83. The number of nitrogens with two attached hydrogens (primary N) is 1. The highest BCUT2D eigenvalue weighted by Crippen LogP contribution is 2.20. The highest BCUT2D eigenvalue weighted by atomic mass is 16.3. The van der Waals surface area contributed by atoms with Gasteiger partial charge in [-0.05, 0) is 24.1 Å². The Morgan fingerprint density at radius 2 is 1.69 bits per heavy atom. The van der Waals surface area contributed by atoms with Crippen LogP contribution >= 0.6 is 0 Å². The number of phenols is 2. The van der Waals surface area contributed by atoms with Gasteiger partial charge in [0.2, 0.25) is 0 Å². The maximum Gasteiger partial charge on any atom is 0.119 e. The van der Waals surface area contributed by atoms with Gasteiger partial charge in [0.1, 0.15) is 11.5 Å². The Morgan fingerprint density at radius 3 is 2.15 bits per heavy atom. The molecule has 0 aliphatic rings. The Hall–Kier alpha value is -1.26. The van der Waals surface area contributed by atoms with Crippen molar-refractivity contribution in [1.82, 2.24) is 0 Å². The summed E-state index contributed by atoms with van der Waals surface area (Å²) in [6, 6.07) is 3.90. The summed E-state index contributed by atoms with van der Waals surface area (Å²) in [5.74, 6) is 0.000259. The smallest absolute Gasteiger partial charge is 0.119 e. The Kier molecular flexibility index (Phi) is 3.11. The van der Waals surface area contributed by atoms with Crippen LogP contribution in [0, 0.1) is 0 Å². The number of benzene rings is 1. The lowest BCUT2D eigenvalue weighted by Crippen LogP contribution is -2.26. The van der Waals surface area contributed by atoms with Gasteiger partial charge in [0.25, 0.3) is 0 Å². The maximum absolute atomic E-state index is 9.12. The zero-order valence-corrected chi connectivity index (χ0v) is 7.14. The third-order valence-electron chi connectivity index (χ3n) is 1.69. The van der Waals surface area contributed by atoms with E-state index in [9.17, 15) is 0 Å². The molecular weight excluding hydrogens is 170 g/mol. The first-order chi connectivity index (χ1) is 6.11. The van der Waals surface area contributed by atoms with Crippen LogP contribution in [0.3, 0.4) is 0 Å². The SMILES string of the molecule is NC(CO)Cc1cc(O)cc(O)c1. The van der Waals surface area contributed by atoms with Crippen molar-refractivity contribution >= 4 is 0 Å². The van der Waals surface area contributed by atoms with E-state index in [1.54, 1.807) is 0 Å². The summed E-state index contributed by atoms with van der Waals surface area (Å²) >= 11 is 0. The predicted octanol–water partition coefficient (Wildman–Crippen LogP) is -0.0401. The van der Waals surface area contributed by atoms with Gasteiger partial charge in [-0.25, -0.2) is 0 Å². The van der Waals surface area contributed by atoms with E-state index >= 15 is 0 Å². The number of hydrogen-bond acceptors (Lipinski definition) is 4. The number of phenolic OH excluding ortho intramolecular Hbond substituents is 2. The van der Waals surface area contributed by atoms with Gasteiger partial charge in [-0.3, -0.25) is 0 Å². The first-order valence-corrected chi connectivity index (χ1v) is 4.00. The fourth-order valence-electron chi connectivity index (χ4n) is 1.14. The third kappa shape index (κ3) is 2.93. The molecule has 0 fully saturated rings. The zero-order chi connectivity index (χ0) is 9.84. The second kappa shape index (κ2) is 4.11. The molecule has 0 aromatic heterocycles. The average molecular weight is 183 g/mol. The van der Waals surface area contributed by atoms with Gasteiger partial charge < -0.3 is 21.1 Å². The lowest BCUT2D eigenvalue weighted by atomic mass is 10.1. The molecule has 4 heteroatoms. The number of rotatable bonds is 3. The minimum absolute atomic E-state index is 0.000129. The molecule has 1 aromatic rings. The molecule has 0 saturated carbocycles. The number of aliphatic hydroxyl groups is 1. The monoisotopic (exact) mass is 183 g/mol. The lowest BCUT2D eigenvalue weighted by Gasteiger charge is -2.08. The average Bonchev–Trinajstić information content (AvgIpc) is 2.02. The van der Waals surface area contributed by atoms with Gasteiger partial charge in [-0.2, -0.15) is 0 Å². The molecule has 1 rings (SSSR count). The Labute approximate surface area is 76.2 Å². The quantitative estimate of drug-likeness (QED) is 0.529. The highest BCUT2D eigenvalue weighted by Gasteiger charge is 2.04. The van der Waals surface area contributed by atoms with E-state index in [2.05, 4.69) is 0 Å². The van der Waals surface area contributed by atoms with Crippen LogP contribution in [0.4, 0.5) is 0 Å². The van der Waals surface area contributed by atoms with Crippen LogP contribution in [0.1, 0.15) is 5.56 Å². The van der Waals surface area contributed by atoms with Crippen molar-refractivity contribution < 1.29 is 15.3 Å². The normalized spacial score (nSPS) is 12.8. The summed E-state index contributed by atoms with van der Waals surface area (Å²) < 4.78 is 0. The van der Waals surface area contributed by atoms with Crippen molar-refractivity contribution in [3.8, 4) is 11.5 Å². The van der Waals surface area contributed by atoms with E-state index in [1.165, 1.54) is 18.2 Å². The molecule has 5 N–H and O–H groups in total. The maximum atomic E-state index is 9.12. The van der Waals surface area contributed by atoms with Crippen LogP contribution in [-0.4, -0.2) is 28.0 Å². The third-order valence-corrected chi connectivity index (χ3v) is 1.69. The standard InChI is InChI=1S/C9H13NO3/c10-7(5-11)1-6-2-8(12)4-9(13)3-6/h2-4,7,11-13H,1,5,10H2. The second-order valence-corrected chi connectivity index (χ2v) is 3.00. The summed E-state index contributed by atoms with van der Waals surface area (Å²) in [6.07, 6.45) is 0.429. The molecule has 1 atom stereocenters. The predicted molar refractivity (Wildman–Crippen MR) is 48.5 cm³/mol. The van der Waals surface area contributed by atoms with Crippen molar-refractivity contribution in [2.45, 2.75) is 12.5 Å². The van der Waals surface area contributed by atoms with Crippen LogP contribution in [0.5, 0.6) is 11.5 Å². The summed E-state index contributed by atoms with van der Waals surface area (Å²) in [5.41, 5.74) is 6.20. The molecule has 4 nitrogen and oxygen atoms in total. The van der Waals surface area contributed by atoms with Crippen molar-refractivity contribution in [2.24, 2.45) is 5.73 Å². The minimum atomic E-state index is -0.360. The molecular formula is C9H13NO3. The molecule has 13 heavy (non-hydrogen) atoms. The summed E-state index contributed by atoms with van der Waals surface area (Å²) in [5, 5.41) is 26.9. The molecule has 0 saturated heterocycles. The Morgan fingerprint density at radius 1 is 1.15 bits per heavy atom. The minimum Gasteiger partial charge on any atom is -0.508 e. The van der Waals surface area contributed by atoms with E-state index in [1.807, 2.05) is 0 Å². The van der Waals surface area contributed by atoms with Crippen LogP contribution < -0.4 is 5.73 Å². The Balaban J connectivity index is 2.77. The second-order valence-electron chi connectivity index (χ2n) is 3.00. The first-order valence-electron chi connectivity index (χ1n) is 4.00. The Bertz CT molecular complexity index is 268. The molecule has 0 aliphatic heterocycles. The number of aromatic hydroxyl groups is 2. The van der Waals surface area contributed by atoms with Crippen LogP contribution in [0.15, 0.2) is 18.2 Å². The van der Waals surface area contributed by atoms with E-state index in [-0.39, 0.29) is 24.1 Å². The molecule has 72 valence electrons. The largest absolute Gasteiger partial charge is 0.508 e. The van der Waals surface area contributed by atoms with Crippen molar-refractivity contribution in [2.75, 3.05) is 6.61 Å². The van der Waals surface area contributed by atoms with Gasteiger partial charge in [0.15, 0.2) is 0 Å². The summed E-state index contributed by atoms with van der Waals surface area (Å²) in [6.45, 7) is -0.115. The van der Waals surface area contributed by atoms with Crippen molar-refractivity contribution in [3.63, 3.8) is 0 Å². The summed E-state index contributed by atoms with van der Waals surface area (Å²) in [4.78, 5) is 0. The van der Waals surface area contributed by atoms with Crippen LogP contribution in [0.25, 0.3) is 0 Å². The van der Waals surface area contributed by atoms with E-state index in [0.29, 0.717) is 12.0 Å². The number of aliphatic hydroxyl groups excluding tert-OH is 1. The molecule has 1 unspecified atom stereocenters. The fourth-order valence-corrected chi connectivity index (χ4v) is 1.14. The molecule has 0 aliphatic carbocycles. The molecule has 0 radical (unpaired) electrons. The van der Waals surface area contributed by atoms with Gasteiger partial charge in [0.05, 0.1) is 6.61 Å². The summed E-state index contributed by atoms with van der Waals surface area (Å²) in [7, 11) is 0. The van der Waals surface area contributed by atoms with E-state index in [4.69, 9.17) is 21.1 Å². The molecule has 0 bridgehead atoms. The van der Waals surface area contributed by atoms with Crippen molar-refractivity contribution in [1.29, 1.82) is 0 Å². The van der Waals surface area contributed by atoms with E-state index in [0.717, 1.165) is 0 Å². The molecule has 0 heterocycles. The van der Waals surface area contributed by atoms with Gasteiger partial charge in [-0.15, -0.1) is 0 Å². The van der Waals surface area contributed by atoms with Gasteiger partial charge in [-0.1, -0.05) is 0 Å². The molecule has 1 aromatic carbocycles. The molecule has 0 amide bonds. The highest BCUT2D eigenvalue weighted by molar-refractivity contribution is 5.36. The fraction of sp³-hybridized carbons (Fsp3) is 0.333.